The lowest BCUT2D eigenvalue weighted by atomic mass is 10.0. The van der Waals surface area contributed by atoms with Crippen molar-refractivity contribution in [3.05, 3.63) is 107 Å². The molecule has 7 heteroatoms. The molecule has 4 N–H and O–H groups in total. The Kier molecular flexibility index (Phi) is 6.69. The molecule has 4 aromatic carbocycles. The highest BCUT2D eigenvalue weighted by molar-refractivity contribution is 6.13. The number of hydrogen-bond acceptors (Lipinski definition) is 7. The van der Waals surface area contributed by atoms with Crippen LogP contribution < -0.4 is 25.7 Å². The molecule has 7 nitrogen and oxygen atoms in total. The summed E-state index contributed by atoms with van der Waals surface area (Å²) in [4.78, 5) is 26.0. The molecule has 0 aliphatic carbocycles. The monoisotopic (exact) mass is 468 g/mol. The van der Waals surface area contributed by atoms with E-state index in [1.165, 1.54) is 0 Å². The number of nitrogen functional groups attached to an aromatic ring is 2. The van der Waals surface area contributed by atoms with Gasteiger partial charge in [0.2, 0.25) is 0 Å². The standard InChI is InChI=1S/C28H24N2O5/c1-33-19-7-3-17(4-8-19)27(31)23-15-21(11-13-25(23)29)35-22-12-14-26(30)24(16-22)28(32)18-5-9-20(34-2)10-6-18/h3-16H,29-30H2,1-2H3. The quantitative estimate of drug-likeness (QED) is 0.272. The predicted molar refractivity (Wildman–Crippen MR) is 135 cm³/mol. The fourth-order valence-corrected chi connectivity index (χ4v) is 3.52. The lowest BCUT2D eigenvalue weighted by molar-refractivity contribution is 0.103. The van der Waals surface area contributed by atoms with E-state index in [9.17, 15) is 9.59 Å². The highest BCUT2D eigenvalue weighted by atomic mass is 16.5. The molecule has 0 aliphatic rings. The Labute approximate surface area is 202 Å². The summed E-state index contributed by atoms with van der Waals surface area (Å²) in [7, 11) is 3.12. The summed E-state index contributed by atoms with van der Waals surface area (Å²) in [6.07, 6.45) is 0. The molecule has 35 heavy (non-hydrogen) atoms. The van der Waals surface area contributed by atoms with E-state index in [4.69, 9.17) is 25.7 Å². The number of ketones is 2. The minimum absolute atomic E-state index is 0.247. The van der Waals surface area contributed by atoms with Crippen LogP contribution >= 0.6 is 0 Å². The van der Waals surface area contributed by atoms with Crippen LogP contribution in [-0.2, 0) is 0 Å². The summed E-state index contributed by atoms with van der Waals surface area (Å²) >= 11 is 0. The van der Waals surface area contributed by atoms with E-state index in [0.29, 0.717) is 56.6 Å². The Morgan fingerprint density at radius 1 is 0.543 bits per heavy atom. The zero-order valence-corrected chi connectivity index (χ0v) is 19.3. The summed E-state index contributed by atoms with van der Waals surface area (Å²) in [5.74, 6) is 1.59. The molecule has 0 saturated carbocycles. The van der Waals surface area contributed by atoms with Gasteiger partial charge < -0.3 is 25.7 Å². The lowest BCUT2D eigenvalue weighted by Crippen LogP contribution is -2.06. The van der Waals surface area contributed by atoms with Gasteiger partial charge in [0.25, 0.3) is 0 Å². The number of methoxy groups -OCH3 is 2. The van der Waals surface area contributed by atoms with Crippen LogP contribution in [0.25, 0.3) is 0 Å². The van der Waals surface area contributed by atoms with Crippen LogP contribution in [0.5, 0.6) is 23.0 Å². The van der Waals surface area contributed by atoms with Crippen LogP contribution in [0.4, 0.5) is 11.4 Å². The van der Waals surface area contributed by atoms with Gasteiger partial charge in [-0.15, -0.1) is 0 Å². The predicted octanol–water partition coefficient (Wildman–Crippen LogP) is 5.12. The van der Waals surface area contributed by atoms with Crippen LogP contribution in [0.3, 0.4) is 0 Å². The van der Waals surface area contributed by atoms with Gasteiger partial charge in [0.15, 0.2) is 11.6 Å². The average molecular weight is 469 g/mol. The number of carbonyl (C=O) groups excluding carboxylic acids is 2. The fraction of sp³-hybridized carbons (Fsp3) is 0.0714. The van der Waals surface area contributed by atoms with Gasteiger partial charge in [0.1, 0.15) is 23.0 Å². The van der Waals surface area contributed by atoms with Crippen molar-refractivity contribution in [3.8, 4) is 23.0 Å². The largest absolute Gasteiger partial charge is 0.497 e. The fourth-order valence-electron chi connectivity index (χ4n) is 3.52. The van der Waals surface area contributed by atoms with Crippen molar-refractivity contribution in [1.29, 1.82) is 0 Å². The molecule has 0 aromatic heterocycles. The van der Waals surface area contributed by atoms with Gasteiger partial charge in [0.05, 0.1) is 14.2 Å². The summed E-state index contributed by atoms with van der Waals surface area (Å²) in [6.45, 7) is 0. The highest BCUT2D eigenvalue weighted by Crippen LogP contribution is 2.30. The number of nitrogens with two attached hydrogens (primary N) is 2. The average Bonchev–Trinajstić information content (AvgIpc) is 2.90. The van der Waals surface area contributed by atoms with Crippen molar-refractivity contribution in [2.45, 2.75) is 0 Å². The van der Waals surface area contributed by atoms with Gasteiger partial charge >= 0.3 is 0 Å². The third-order valence-corrected chi connectivity index (χ3v) is 5.48. The Bertz CT molecular complexity index is 1270. The van der Waals surface area contributed by atoms with Crippen molar-refractivity contribution in [2.75, 3.05) is 25.7 Å². The Morgan fingerprint density at radius 3 is 1.23 bits per heavy atom. The van der Waals surface area contributed by atoms with E-state index in [1.807, 2.05) is 0 Å². The van der Waals surface area contributed by atoms with E-state index in [2.05, 4.69) is 0 Å². The molecule has 0 bridgehead atoms. The van der Waals surface area contributed by atoms with Crippen LogP contribution in [0.2, 0.25) is 0 Å². The second-order valence-corrected chi connectivity index (χ2v) is 7.72. The molecule has 0 saturated heterocycles. The SMILES string of the molecule is COc1ccc(C(=O)c2cc(Oc3ccc(N)c(C(=O)c4ccc(OC)cc4)c3)ccc2N)cc1. The zero-order chi connectivity index (χ0) is 24.9. The van der Waals surface area contributed by atoms with Gasteiger partial charge in [-0.3, -0.25) is 9.59 Å². The number of hydrogen-bond donors (Lipinski definition) is 2. The lowest BCUT2D eigenvalue weighted by Gasteiger charge is -2.12. The molecule has 176 valence electrons. The number of carbonyl (C=O) groups is 2. The van der Waals surface area contributed by atoms with Crippen molar-refractivity contribution in [1.82, 2.24) is 0 Å². The van der Waals surface area contributed by atoms with Crippen LogP contribution in [-0.4, -0.2) is 25.8 Å². The number of anilines is 2. The van der Waals surface area contributed by atoms with Gasteiger partial charge in [-0.05, 0) is 84.9 Å². The van der Waals surface area contributed by atoms with E-state index in [1.54, 1.807) is 99.1 Å². The molecule has 0 unspecified atom stereocenters. The summed E-state index contributed by atoms with van der Waals surface area (Å²) in [6, 6.07) is 23.2. The summed E-state index contributed by atoms with van der Waals surface area (Å²) in [5, 5.41) is 0. The molecule has 0 aliphatic heterocycles. The third-order valence-electron chi connectivity index (χ3n) is 5.48. The van der Waals surface area contributed by atoms with Crippen molar-refractivity contribution in [2.24, 2.45) is 0 Å². The molecule has 0 radical (unpaired) electrons. The number of ether oxygens (including phenoxy) is 3. The minimum Gasteiger partial charge on any atom is -0.497 e. The molecule has 4 rings (SSSR count). The third kappa shape index (κ3) is 5.09. The first kappa shape index (κ1) is 23.4. The topological polar surface area (TPSA) is 114 Å². The van der Waals surface area contributed by atoms with Crippen molar-refractivity contribution >= 4 is 22.9 Å². The van der Waals surface area contributed by atoms with Crippen molar-refractivity contribution < 1.29 is 23.8 Å². The Hall–Kier alpha value is -4.78. The van der Waals surface area contributed by atoms with E-state index >= 15 is 0 Å². The zero-order valence-electron chi connectivity index (χ0n) is 19.3. The minimum atomic E-state index is -0.247. The smallest absolute Gasteiger partial charge is 0.195 e. The normalized spacial score (nSPS) is 10.5. The molecule has 0 atom stereocenters. The number of benzene rings is 4. The second-order valence-electron chi connectivity index (χ2n) is 7.72. The molecule has 0 fully saturated rings. The van der Waals surface area contributed by atoms with Crippen LogP contribution in [0.1, 0.15) is 31.8 Å². The Morgan fingerprint density at radius 2 is 0.886 bits per heavy atom. The molecule has 0 heterocycles. The Balaban J connectivity index is 1.59. The molecular formula is C28H24N2O5. The van der Waals surface area contributed by atoms with Gasteiger partial charge in [-0.2, -0.15) is 0 Å². The molecule has 4 aromatic rings. The summed E-state index contributed by atoms with van der Waals surface area (Å²) in [5.41, 5.74) is 14.3. The van der Waals surface area contributed by atoms with Crippen LogP contribution in [0, 0.1) is 0 Å². The first-order valence-electron chi connectivity index (χ1n) is 10.7. The molecule has 0 spiro atoms. The molecular weight excluding hydrogens is 444 g/mol. The molecule has 0 amide bonds. The highest BCUT2D eigenvalue weighted by Gasteiger charge is 2.16. The summed E-state index contributed by atoms with van der Waals surface area (Å²) < 4.78 is 16.2. The van der Waals surface area contributed by atoms with E-state index < -0.39 is 0 Å². The van der Waals surface area contributed by atoms with Crippen LogP contribution in [0.15, 0.2) is 84.9 Å². The maximum absolute atomic E-state index is 13.0. The maximum Gasteiger partial charge on any atom is 0.195 e. The van der Waals surface area contributed by atoms with Gasteiger partial charge in [-0.25, -0.2) is 0 Å². The number of rotatable bonds is 8. The maximum atomic E-state index is 13.0. The second kappa shape index (κ2) is 10.0. The first-order valence-corrected chi connectivity index (χ1v) is 10.7. The van der Waals surface area contributed by atoms with E-state index in [-0.39, 0.29) is 11.6 Å². The van der Waals surface area contributed by atoms with Crippen molar-refractivity contribution in [3.63, 3.8) is 0 Å². The van der Waals surface area contributed by atoms with E-state index in [0.717, 1.165) is 0 Å². The first-order chi connectivity index (χ1) is 16.9. The van der Waals surface area contributed by atoms with Gasteiger partial charge in [0, 0.05) is 33.6 Å². The van der Waals surface area contributed by atoms with Gasteiger partial charge in [-0.1, -0.05) is 0 Å².